The first kappa shape index (κ1) is 14.6. The SMILES string of the molecule is CC(C)(C)OC(=O)[C@H]1CCC(=O)N1Cc1ccccc1. The Morgan fingerprint density at radius 1 is 1.30 bits per heavy atom. The summed E-state index contributed by atoms with van der Waals surface area (Å²) in [5.74, 6) is -0.288. The number of carbonyl (C=O) groups excluding carboxylic acids is 2. The highest BCUT2D eigenvalue weighted by atomic mass is 16.6. The van der Waals surface area contributed by atoms with E-state index in [1.165, 1.54) is 0 Å². The molecule has 1 aliphatic heterocycles. The number of nitrogens with zero attached hydrogens (tertiary/aromatic N) is 1. The fraction of sp³-hybridized carbons (Fsp3) is 0.500. The maximum absolute atomic E-state index is 12.2. The van der Waals surface area contributed by atoms with Crippen molar-refractivity contribution in [2.75, 3.05) is 0 Å². The van der Waals surface area contributed by atoms with Crippen molar-refractivity contribution in [2.24, 2.45) is 0 Å². The molecule has 0 spiro atoms. The van der Waals surface area contributed by atoms with Gasteiger partial charge in [-0.1, -0.05) is 30.3 Å². The van der Waals surface area contributed by atoms with Crippen molar-refractivity contribution in [3.63, 3.8) is 0 Å². The Balaban J connectivity index is 2.09. The average molecular weight is 275 g/mol. The van der Waals surface area contributed by atoms with E-state index in [0.717, 1.165) is 5.56 Å². The normalized spacial score (nSPS) is 19.2. The van der Waals surface area contributed by atoms with Crippen molar-refractivity contribution >= 4 is 11.9 Å². The van der Waals surface area contributed by atoms with Crippen molar-refractivity contribution in [1.29, 1.82) is 0 Å². The Bertz CT molecular complexity index is 490. The van der Waals surface area contributed by atoms with Gasteiger partial charge in [-0.15, -0.1) is 0 Å². The van der Waals surface area contributed by atoms with Gasteiger partial charge >= 0.3 is 5.97 Å². The maximum Gasteiger partial charge on any atom is 0.329 e. The van der Waals surface area contributed by atoms with Crippen molar-refractivity contribution in [2.45, 2.75) is 51.8 Å². The van der Waals surface area contributed by atoms with Crippen LogP contribution in [0.5, 0.6) is 0 Å². The molecule has 2 rings (SSSR count). The minimum absolute atomic E-state index is 0.0183. The number of likely N-dealkylation sites (tertiary alicyclic amines) is 1. The zero-order valence-corrected chi connectivity index (χ0v) is 12.3. The first-order valence-electron chi connectivity index (χ1n) is 6.93. The van der Waals surface area contributed by atoms with Crippen molar-refractivity contribution in [1.82, 2.24) is 4.90 Å². The topological polar surface area (TPSA) is 46.6 Å². The zero-order chi connectivity index (χ0) is 14.8. The third kappa shape index (κ3) is 3.59. The highest BCUT2D eigenvalue weighted by Gasteiger charge is 2.38. The Morgan fingerprint density at radius 3 is 2.55 bits per heavy atom. The van der Waals surface area contributed by atoms with Crippen LogP contribution in [0.25, 0.3) is 0 Å². The van der Waals surface area contributed by atoms with Crippen LogP contribution in [0.3, 0.4) is 0 Å². The van der Waals surface area contributed by atoms with Crippen LogP contribution in [0.1, 0.15) is 39.2 Å². The molecular weight excluding hydrogens is 254 g/mol. The predicted molar refractivity (Wildman–Crippen MR) is 75.9 cm³/mol. The van der Waals surface area contributed by atoms with Crippen LogP contribution in [0, 0.1) is 0 Å². The summed E-state index contributed by atoms with van der Waals surface area (Å²) in [4.78, 5) is 25.8. The molecule has 108 valence electrons. The Kier molecular flexibility index (Phi) is 4.12. The summed E-state index contributed by atoms with van der Waals surface area (Å²) in [5.41, 5.74) is 0.498. The van der Waals surface area contributed by atoms with Gasteiger partial charge in [0, 0.05) is 13.0 Å². The van der Waals surface area contributed by atoms with Gasteiger partial charge in [0.05, 0.1) is 0 Å². The van der Waals surface area contributed by atoms with E-state index in [2.05, 4.69) is 0 Å². The molecule has 0 bridgehead atoms. The van der Waals surface area contributed by atoms with Crippen LogP contribution in [-0.4, -0.2) is 28.4 Å². The Hall–Kier alpha value is -1.84. The number of rotatable bonds is 3. The van der Waals surface area contributed by atoms with Gasteiger partial charge in [0.25, 0.3) is 0 Å². The second-order valence-electron chi connectivity index (χ2n) is 6.10. The molecule has 1 aliphatic rings. The molecule has 4 heteroatoms. The van der Waals surface area contributed by atoms with Crippen molar-refractivity contribution in [3.8, 4) is 0 Å². The lowest BCUT2D eigenvalue weighted by molar-refractivity contribution is -0.162. The van der Waals surface area contributed by atoms with Gasteiger partial charge in [-0.2, -0.15) is 0 Å². The third-order valence-corrected chi connectivity index (χ3v) is 3.20. The van der Waals surface area contributed by atoms with Gasteiger partial charge in [-0.05, 0) is 32.8 Å². The van der Waals surface area contributed by atoms with Gasteiger partial charge in [0.1, 0.15) is 11.6 Å². The van der Waals surface area contributed by atoms with Gasteiger partial charge in [0.2, 0.25) is 5.91 Å². The molecule has 1 aromatic rings. The summed E-state index contributed by atoms with van der Waals surface area (Å²) < 4.78 is 5.41. The third-order valence-electron chi connectivity index (χ3n) is 3.20. The number of benzene rings is 1. The number of hydrogen-bond acceptors (Lipinski definition) is 3. The van der Waals surface area contributed by atoms with Gasteiger partial charge in [-0.25, -0.2) is 4.79 Å². The summed E-state index contributed by atoms with van der Waals surface area (Å²) >= 11 is 0. The van der Waals surface area contributed by atoms with Crippen LogP contribution in [0.15, 0.2) is 30.3 Å². The second-order valence-corrected chi connectivity index (χ2v) is 6.10. The molecule has 0 unspecified atom stereocenters. The smallest absolute Gasteiger partial charge is 0.329 e. The number of amides is 1. The van der Waals surface area contributed by atoms with E-state index >= 15 is 0 Å². The molecule has 1 aromatic carbocycles. The van der Waals surface area contributed by atoms with E-state index in [4.69, 9.17) is 4.74 Å². The van der Waals surface area contributed by atoms with Gasteiger partial charge in [0.15, 0.2) is 0 Å². The molecule has 1 saturated heterocycles. The molecule has 1 amide bonds. The summed E-state index contributed by atoms with van der Waals surface area (Å²) in [6, 6.07) is 9.24. The minimum Gasteiger partial charge on any atom is -0.458 e. The molecule has 0 aliphatic carbocycles. The van der Waals surface area contributed by atoms with E-state index in [1.807, 2.05) is 51.1 Å². The average Bonchev–Trinajstić information content (AvgIpc) is 2.70. The lowest BCUT2D eigenvalue weighted by Crippen LogP contribution is -2.41. The van der Waals surface area contributed by atoms with Crippen molar-refractivity contribution in [3.05, 3.63) is 35.9 Å². The molecule has 1 atom stereocenters. The quantitative estimate of drug-likeness (QED) is 0.796. The molecule has 0 N–H and O–H groups in total. The van der Waals surface area contributed by atoms with Crippen LogP contribution in [0.2, 0.25) is 0 Å². The molecular formula is C16H21NO3. The summed E-state index contributed by atoms with van der Waals surface area (Å²) in [6.45, 7) is 5.97. The van der Waals surface area contributed by atoms with Crippen LogP contribution >= 0.6 is 0 Å². The van der Waals surface area contributed by atoms with Crippen LogP contribution in [-0.2, 0) is 20.9 Å². The second kappa shape index (κ2) is 5.65. The fourth-order valence-corrected chi connectivity index (χ4v) is 2.33. The van der Waals surface area contributed by atoms with Gasteiger partial charge in [-0.3, -0.25) is 4.79 Å². The van der Waals surface area contributed by atoms with Crippen LogP contribution in [0.4, 0.5) is 0 Å². The number of ether oxygens (including phenoxy) is 1. The standard InChI is InChI=1S/C16H21NO3/c1-16(2,3)20-15(19)13-9-10-14(18)17(13)11-12-7-5-4-6-8-12/h4-8,13H,9-11H2,1-3H3/t13-/m1/s1. The molecule has 4 nitrogen and oxygen atoms in total. The molecule has 0 aromatic heterocycles. The number of esters is 1. The van der Waals surface area contributed by atoms with Gasteiger partial charge < -0.3 is 9.64 Å². The molecule has 1 fully saturated rings. The zero-order valence-electron chi connectivity index (χ0n) is 12.3. The van der Waals surface area contributed by atoms with E-state index in [1.54, 1.807) is 4.90 Å². The summed E-state index contributed by atoms with van der Waals surface area (Å²) in [6.07, 6.45) is 0.956. The Morgan fingerprint density at radius 2 is 1.95 bits per heavy atom. The fourth-order valence-electron chi connectivity index (χ4n) is 2.33. The first-order valence-corrected chi connectivity index (χ1v) is 6.93. The van der Waals surface area contributed by atoms with Crippen LogP contribution < -0.4 is 0 Å². The largest absolute Gasteiger partial charge is 0.458 e. The highest BCUT2D eigenvalue weighted by Crippen LogP contribution is 2.24. The van der Waals surface area contributed by atoms with E-state index in [9.17, 15) is 9.59 Å². The highest BCUT2D eigenvalue weighted by molar-refractivity contribution is 5.88. The van der Waals surface area contributed by atoms with Crippen molar-refractivity contribution < 1.29 is 14.3 Å². The minimum atomic E-state index is -0.527. The number of carbonyl (C=O) groups is 2. The van der Waals surface area contributed by atoms with E-state index in [-0.39, 0.29) is 11.9 Å². The Labute approximate surface area is 119 Å². The lowest BCUT2D eigenvalue weighted by Gasteiger charge is -2.27. The number of hydrogen-bond donors (Lipinski definition) is 0. The molecule has 1 heterocycles. The monoisotopic (exact) mass is 275 g/mol. The summed E-state index contributed by atoms with van der Waals surface area (Å²) in [7, 11) is 0. The van der Waals surface area contributed by atoms with E-state index < -0.39 is 11.6 Å². The molecule has 0 radical (unpaired) electrons. The lowest BCUT2D eigenvalue weighted by atomic mass is 10.1. The van der Waals surface area contributed by atoms with E-state index in [0.29, 0.717) is 19.4 Å². The first-order chi connectivity index (χ1) is 9.37. The maximum atomic E-state index is 12.2. The summed E-state index contributed by atoms with van der Waals surface area (Å²) in [5, 5.41) is 0. The molecule has 20 heavy (non-hydrogen) atoms. The predicted octanol–water partition coefficient (Wildman–Crippen LogP) is 2.52. The molecule has 0 saturated carbocycles.